The van der Waals surface area contributed by atoms with Crippen molar-refractivity contribution in [1.29, 1.82) is 0 Å². The molecule has 1 aliphatic rings. The maximum Gasteiger partial charge on any atom is 0.0366 e. The van der Waals surface area contributed by atoms with E-state index < -0.39 is 0 Å². The predicted octanol–water partition coefficient (Wildman–Crippen LogP) is 3.16. The normalized spacial score (nSPS) is 16.8. The van der Waals surface area contributed by atoms with Gasteiger partial charge >= 0.3 is 0 Å². The summed E-state index contributed by atoms with van der Waals surface area (Å²) in [4.78, 5) is 2.47. The number of hydrogen-bond donors (Lipinski definition) is 1. The van der Waals surface area contributed by atoms with Crippen LogP contribution >= 0.6 is 0 Å². The topological polar surface area (TPSA) is 29.3 Å². The number of rotatable bonds is 5. The Hall–Kier alpha value is -1.02. The third kappa shape index (κ3) is 2.69. The molecule has 0 saturated carbocycles. The summed E-state index contributed by atoms with van der Waals surface area (Å²) in [6, 6.07) is 8.95. The first-order valence-corrected chi connectivity index (χ1v) is 7.12. The molecule has 2 nitrogen and oxygen atoms in total. The van der Waals surface area contributed by atoms with Gasteiger partial charge in [0.25, 0.3) is 0 Å². The summed E-state index contributed by atoms with van der Waals surface area (Å²) in [5.41, 5.74) is 8.59. The minimum absolute atomic E-state index is 0.0816. The van der Waals surface area contributed by atoms with Gasteiger partial charge in [-0.25, -0.2) is 0 Å². The summed E-state index contributed by atoms with van der Waals surface area (Å²) in [5.74, 6) is 0.912. The fourth-order valence-corrected chi connectivity index (χ4v) is 2.61. The standard InChI is InChI=1S/C16H26N2/c1-4-5-13-10-18(11-13)15-8-6-14(7-9-15)16(2,3)12-17/h6-9,13H,4-5,10-12,17H2,1-3H3. The molecule has 1 aromatic carbocycles. The van der Waals surface area contributed by atoms with Crippen LogP contribution in [0.15, 0.2) is 24.3 Å². The van der Waals surface area contributed by atoms with Gasteiger partial charge in [0.1, 0.15) is 0 Å². The number of hydrogen-bond acceptors (Lipinski definition) is 2. The average molecular weight is 246 g/mol. The van der Waals surface area contributed by atoms with E-state index in [1.165, 1.54) is 37.2 Å². The third-order valence-corrected chi connectivity index (χ3v) is 4.18. The van der Waals surface area contributed by atoms with Crippen molar-refractivity contribution in [2.75, 3.05) is 24.5 Å². The number of benzene rings is 1. The van der Waals surface area contributed by atoms with Gasteiger partial charge in [-0.2, -0.15) is 0 Å². The van der Waals surface area contributed by atoms with Crippen LogP contribution in [-0.2, 0) is 5.41 Å². The van der Waals surface area contributed by atoms with Crippen LogP contribution in [0.25, 0.3) is 0 Å². The molecule has 1 heterocycles. The highest BCUT2D eigenvalue weighted by Crippen LogP contribution is 2.29. The number of nitrogens with zero attached hydrogens (tertiary/aromatic N) is 1. The van der Waals surface area contributed by atoms with Gasteiger partial charge in [-0.05, 0) is 30.0 Å². The monoisotopic (exact) mass is 246 g/mol. The summed E-state index contributed by atoms with van der Waals surface area (Å²) in [6.07, 6.45) is 2.68. The molecule has 1 saturated heterocycles. The molecule has 18 heavy (non-hydrogen) atoms. The quantitative estimate of drug-likeness (QED) is 0.864. The molecule has 1 fully saturated rings. The zero-order chi connectivity index (χ0) is 13.2. The molecule has 0 atom stereocenters. The first-order chi connectivity index (χ1) is 8.56. The van der Waals surface area contributed by atoms with Crippen molar-refractivity contribution < 1.29 is 0 Å². The van der Waals surface area contributed by atoms with Crippen molar-refractivity contribution in [2.45, 2.75) is 39.0 Å². The first kappa shape index (κ1) is 13.4. The molecule has 2 N–H and O–H groups in total. The summed E-state index contributed by atoms with van der Waals surface area (Å²) in [6.45, 7) is 9.81. The van der Waals surface area contributed by atoms with Crippen LogP contribution < -0.4 is 10.6 Å². The van der Waals surface area contributed by atoms with E-state index in [0.29, 0.717) is 6.54 Å². The summed E-state index contributed by atoms with van der Waals surface area (Å²) >= 11 is 0. The Morgan fingerprint density at radius 1 is 1.22 bits per heavy atom. The lowest BCUT2D eigenvalue weighted by Crippen LogP contribution is -2.46. The predicted molar refractivity (Wildman–Crippen MR) is 79.1 cm³/mol. The fourth-order valence-electron chi connectivity index (χ4n) is 2.61. The van der Waals surface area contributed by atoms with Crippen molar-refractivity contribution in [3.05, 3.63) is 29.8 Å². The van der Waals surface area contributed by atoms with E-state index in [1.807, 2.05) is 0 Å². The summed E-state index contributed by atoms with van der Waals surface area (Å²) < 4.78 is 0. The van der Waals surface area contributed by atoms with Gasteiger partial charge in [0.2, 0.25) is 0 Å². The van der Waals surface area contributed by atoms with E-state index in [1.54, 1.807) is 0 Å². The SMILES string of the molecule is CCCC1CN(c2ccc(C(C)(C)CN)cc2)C1. The van der Waals surface area contributed by atoms with Crippen LogP contribution in [0.4, 0.5) is 5.69 Å². The van der Waals surface area contributed by atoms with Crippen molar-refractivity contribution >= 4 is 5.69 Å². The molecule has 0 unspecified atom stereocenters. The molecule has 0 amide bonds. The maximum absolute atomic E-state index is 5.81. The molecule has 0 bridgehead atoms. The van der Waals surface area contributed by atoms with Crippen molar-refractivity contribution in [2.24, 2.45) is 11.7 Å². The van der Waals surface area contributed by atoms with E-state index in [0.717, 1.165) is 5.92 Å². The Bertz CT molecular complexity index is 375. The Morgan fingerprint density at radius 2 is 1.83 bits per heavy atom. The molecular formula is C16H26N2. The molecule has 0 aromatic heterocycles. The van der Waals surface area contributed by atoms with Gasteiger partial charge in [0.05, 0.1) is 0 Å². The molecule has 1 aromatic rings. The Morgan fingerprint density at radius 3 is 2.33 bits per heavy atom. The fraction of sp³-hybridized carbons (Fsp3) is 0.625. The minimum Gasteiger partial charge on any atom is -0.371 e. The minimum atomic E-state index is 0.0816. The Balaban J connectivity index is 1.97. The van der Waals surface area contributed by atoms with Crippen LogP contribution in [-0.4, -0.2) is 19.6 Å². The molecule has 2 heteroatoms. The second-order valence-corrected chi connectivity index (χ2v) is 6.19. The van der Waals surface area contributed by atoms with Gasteiger partial charge in [0.15, 0.2) is 0 Å². The summed E-state index contributed by atoms with van der Waals surface area (Å²) in [7, 11) is 0. The maximum atomic E-state index is 5.81. The smallest absolute Gasteiger partial charge is 0.0366 e. The van der Waals surface area contributed by atoms with E-state index in [4.69, 9.17) is 5.73 Å². The second kappa shape index (κ2) is 5.31. The molecule has 0 spiro atoms. The lowest BCUT2D eigenvalue weighted by atomic mass is 9.84. The van der Waals surface area contributed by atoms with Crippen LogP contribution in [0.1, 0.15) is 39.2 Å². The Kier molecular flexibility index (Phi) is 3.96. The zero-order valence-electron chi connectivity index (χ0n) is 11.9. The molecule has 1 aliphatic heterocycles. The molecular weight excluding hydrogens is 220 g/mol. The van der Waals surface area contributed by atoms with Crippen LogP contribution in [0.3, 0.4) is 0 Å². The lowest BCUT2D eigenvalue weighted by molar-refractivity contribution is 0.380. The highest BCUT2D eigenvalue weighted by Gasteiger charge is 2.26. The molecule has 0 aliphatic carbocycles. The van der Waals surface area contributed by atoms with Crippen LogP contribution in [0.5, 0.6) is 0 Å². The van der Waals surface area contributed by atoms with Gasteiger partial charge < -0.3 is 10.6 Å². The van der Waals surface area contributed by atoms with Crippen LogP contribution in [0, 0.1) is 5.92 Å². The van der Waals surface area contributed by atoms with Gasteiger partial charge in [-0.15, -0.1) is 0 Å². The first-order valence-electron chi connectivity index (χ1n) is 7.12. The van der Waals surface area contributed by atoms with E-state index in [-0.39, 0.29) is 5.41 Å². The van der Waals surface area contributed by atoms with E-state index in [2.05, 4.69) is 49.9 Å². The van der Waals surface area contributed by atoms with Gasteiger partial charge in [-0.3, -0.25) is 0 Å². The molecule has 100 valence electrons. The van der Waals surface area contributed by atoms with Crippen molar-refractivity contribution in [3.8, 4) is 0 Å². The second-order valence-electron chi connectivity index (χ2n) is 6.19. The zero-order valence-corrected chi connectivity index (χ0v) is 11.9. The summed E-state index contributed by atoms with van der Waals surface area (Å²) in [5, 5.41) is 0. The largest absolute Gasteiger partial charge is 0.371 e. The highest BCUT2D eigenvalue weighted by atomic mass is 15.2. The van der Waals surface area contributed by atoms with Crippen molar-refractivity contribution in [1.82, 2.24) is 0 Å². The lowest BCUT2D eigenvalue weighted by Gasteiger charge is -2.41. The highest BCUT2D eigenvalue weighted by molar-refractivity contribution is 5.50. The Labute approximate surface area is 111 Å². The molecule has 2 rings (SSSR count). The van der Waals surface area contributed by atoms with Crippen molar-refractivity contribution in [3.63, 3.8) is 0 Å². The van der Waals surface area contributed by atoms with Gasteiger partial charge in [-0.1, -0.05) is 39.3 Å². The number of nitrogens with two attached hydrogens (primary N) is 1. The average Bonchev–Trinajstić information content (AvgIpc) is 2.33. The van der Waals surface area contributed by atoms with E-state index >= 15 is 0 Å². The number of anilines is 1. The third-order valence-electron chi connectivity index (χ3n) is 4.18. The van der Waals surface area contributed by atoms with Gasteiger partial charge in [0, 0.05) is 30.7 Å². The van der Waals surface area contributed by atoms with E-state index in [9.17, 15) is 0 Å². The van der Waals surface area contributed by atoms with Crippen LogP contribution in [0.2, 0.25) is 0 Å². The molecule has 0 radical (unpaired) electrons.